The standard InChI is InChI=1S/C19H27N3O3/c1-15-4-6-16(7-5-15)11-22-17(23)10-19(22)13-21(8-9-25-14-19)18(24)12-20(2)3/h4-7H,8-14H2,1-3H3. The second-order valence-corrected chi connectivity index (χ2v) is 7.47. The van der Waals surface area contributed by atoms with E-state index in [0.29, 0.717) is 45.8 Å². The monoisotopic (exact) mass is 345 g/mol. The molecule has 1 aromatic carbocycles. The highest BCUT2D eigenvalue weighted by atomic mass is 16.5. The number of likely N-dealkylation sites (tertiary alicyclic amines) is 1. The van der Waals surface area contributed by atoms with Gasteiger partial charge in [-0.05, 0) is 26.6 Å². The summed E-state index contributed by atoms with van der Waals surface area (Å²) in [6.07, 6.45) is 0.449. The maximum absolute atomic E-state index is 12.5. The third kappa shape index (κ3) is 3.85. The molecule has 2 aliphatic heterocycles. The van der Waals surface area contributed by atoms with E-state index in [9.17, 15) is 9.59 Å². The number of rotatable bonds is 4. The minimum atomic E-state index is -0.388. The summed E-state index contributed by atoms with van der Waals surface area (Å²) in [7, 11) is 3.77. The summed E-state index contributed by atoms with van der Waals surface area (Å²) in [5, 5.41) is 0. The van der Waals surface area contributed by atoms with Crippen LogP contribution in [-0.4, -0.2) is 79.0 Å². The van der Waals surface area contributed by atoms with E-state index >= 15 is 0 Å². The maximum Gasteiger partial charge on any atom is 0.236 e. The third-order valence-electron chi connectivity index (χ3n) is 4.98. The molecule has 2 amide bonds. The minimum absolute atomic E-state index is 0.0875. The van der Waals surface area contributed by atoms with Gasteiger partial charge in [0.15, 0.2) is 0 Å². The van der Waals surface area contributed by atoms with Crippen LogP contribution in [0.4, 0.5) is 0 Å². The molecule has 0 saturated carbocycles. The molecular weight excluding hydrogens is 318 g/mol. The molecule has 6 nitrogen and oxygen atoms in total. The van der Waals surface area contributed by atoms with Crippen LogP contribution >= 0.6 is 0 Å². The van der Waals surface area contributed by atoms with Gasteiger partial charge in [0.2, 0.25) is 11.8 Å². The van der Waals surface area contributed by atoms with E-state index in [1.807, 2.05) is 35.7 Å². The van der Waals surface area contributed by atoms with Gasteiger partial charge in [-0.2, -0.15) is 0 Å². The van der Waals surface area contributed by atoms with Crippen molar-refractivity contribution in [3.63, 3.8) is 0 Å². The maximum atomic E-state index is 12.5. The van der Waals surface area contributed by atoms with Gasteiger partial charge in [0, 0.05) is 19.6 Å². The molecule has 0 aliphatic carbocycles. The Bertz CT molecular complexity index is 644. The SMILES string of the molecule is Cc1ccc(CN2C(=O)CC23COCCN(C(=O)CN(C)C)C3)cc1. The average Bonchev–Trinajstić information content (AvgIpc) is 2.78. The number of likely N-dealkylation sites (N-methyl/N-ethyl adjacent to an activating group) is 1. The van der Waals surface area contributed by atoms with E-state index < -0.39 is 0 Å². The zero-order valence-electron chi connectivity index (χ0n) is 15.3. The van der Waals surface area contributed by atoms with Crippen LogP contribution in [0.2, 0.25) is 0 Å². The fourth-order valence-electron chi connectivity index (χ4n) is 3.55. The van der Waals surface area contributed by atoms with Crippen LogP contribution < -0.4 is 0 Å². The van der Waals surface area contributed by atoms with E-state index in [2.05, 4.69) is 24.3 Å². The highest BCUT2D eigenvalue weighted by Crippen LogP contribution is 2.36. The number of amides is 2. The van der Waals surface area contributed by atoms with Crippen LogP contribution in [0.3, 0.4) is 0 Å². The lowest BCUT2D eigenvalue weighted by atomic mass is 9.83. The summed E-state index contributed by atoms with van der Waals surface area (Å²) in [5.41, 5.74) is 1.92. The largest absolute Gasteiger partial charge is 0.377 e. The third-order valence-corrected chi connectivity index (χ3v) is 4.98. The second-order valence-electron chi connectivity index (χ2n) is 7.47. The Kier molecular flexibility index (Phi) is 5.11. The molecule has 1 aromatic rings. The zero-order valence-corrected chi connectivity index (χ0v) is 15.3. The van der Waals surface area contributed by atoms with Gasteiger partial charge < -0.3 is 19.4 Å². The fraction of sp³-hybridized carbons (Fsp3) is 0.579. The molecule has 0 N–H and O–H groups in total. The molecule has 25 heavy (non-hydrogen) atoms. The summed E-state index contributed by atoms with van der Waals surface area (Å²) in [6.45, 7) is 5.15. The molecule has 1 unspecified atom stereocenters. The quantitative estimate of drug-likeness (QED) is 0.761. The van der Waals surface area contributed by atoms with E-state index in [1.54, 1.807) is 0 Å². The van der Waals surface area contributed by atoms with Crippen molar-refractivity contribution >= 4 is 11.8 Å². The van der Waals surface area contributed by atoms with Crippen LogP contribution in [0, 0.1) is 6.92 Å². The van der Waals surface area contributed by atoms with Crippen molar-refractivity contribution in [3.05, 3.63) is 35.4 Å². The molecule has 2 fully saturated rings. The highest BCUT2D eigenvalue weighted by Gasteiger charge is 2.53. The molecular formula is C19H27N3O3. The van der Waals surface area contributed by atoms with E-state index in [1.165, 1.54) is 5.56 Å². The number of nitrogens with zero attached hydrogens (tertiary/aromatic N) is 3. The normalized spacial score (nSPS) is 23.8. The van der Waals surface area contributed by atoms with E-state index in [4.69, 9.17) is 4.74 Å². The summed E-state index contributed by atoms with van der Waals surface area (Å²) in [4.78, 5) is 30.4. The first-order valence-corrected chi connectivity index (χ1v) is 8.76. The first-order valence-electron chi connectivity index (χ1n) is 8.76. The smallest absolute Gasteiger partial charge is 0.236 e. The van der Waals surface area contributed by atoms with Crippen LogP contribution in [0.1, 0.15) is 17.5 Å². The number of carbonyl (C=O) groups is 2. The molecule has 2 heterocycles. The topological polar surface area (TPSA) is 53.1 Å². The van der Waals surface area contributed by atoms with Crippen molar-refractivity contribution in [2.45, 2.75) is 25.4 Å². The van der Waals surface area contributed by atoms with Crippen molar-refractivity contribution in [2.75, 3.05) is 46.9 Å². The van der Waals surface area contributed by atoms with Gasteiger partial charge in [-0.15, -0.1) is 0 Å². The Balaban J connectivity index is 1.74. The number of hydrogen-bond acceptors (Lipinski definition) is 4. The van der Waals surface area contributed by atoms with Gasteiger partial charge in [-0.1, -0.05) is 29.8 Å². The molecule has 136 valence electrons. The lowest BCUT2D eigenvalue weighted by Crippen LogP contribution is -2.69. The molecule has 1 spiro atoms. The van der Waals surface area contributed by atoms with Crippen molar-refractivity contribution in [1.82, 2.24) is 14.7 Å². The number of benzene rings is 1. The fourth-order valence-corrected chi connectivity index (χ4v) is 3.55. The van der Waals surface area contributed by atoms with Crippen molar-refractivity contribution in [2.24, 2.45) is 0 Å². The van der Waals surface area contributed by atoms with Crippen molar-refractivity contribution in [1.29, 1.82) is 0 Å². The average molecular weight is 345 g/mol. The predicted molar refractivity (Wildman–Crippen MR) is 95.0 cm³/mol. The Hall–Kier alpha value is -1.92. The van der Waals surface area contributed by atoms with Crippen LogP contribution in [0.5, 0.6) is 0 Å². The summed E-state index contributed by atoms with van der Waals surface area (Å²) >= 11 is 0. The number of β-lactam (4-membered cyclic amide) rings is 1. The van der Waals surface area contributed by atoms with E-state index in [0.717, 1.165) is 5.56 Å². The zero-order chi connectivity index (χ0) is 18.0. The van der Waals surface area contributed by atoms with Gasteiger partial charge in [-0.25, -0.2) is 0 Å². The van der Waals surface area contributed by atoms with Gasteiger partial charge in [0.05, 0.1) is 31.7 Å². The molecule has 3 rings (SSSR count). The Morgan fingerprint density at radius 3 is 2.64 bits per heavy atom. The van der Waals surface area contributed by atoms with Crippen LogP contribution in [0.15, 0.2) is 24.3 Å². The number of carbonyl (C=O) groups excluding carboxylic acids is 2. The summed E-state index contributed by atoms with van der Waals surface area (Å²) in [5.74, 6) is 0.218. The molecule has 6 heteroatoms. The molecule has 0 bridgehead atoms. The predicted octanol–water partition coefficient (Wildman–Crippen LogP) is 0.887. The van der Waals surface area contributed by atoms with Gasteiger partial charge >= 0.3 is 0 Å². The molecule has 1 atom stereocenters. The molecule has 2 saturated heterocycles. The lowest BCUT2D eigenvalue weighted by molar-refractivity contribution is -0.166. The Morgan fingerprint density at radius 2 is 2.00 bits per heavy atom. The first-order chi connectivity index (χ1) is 11.9. The first kappa shape index (κ1) is 17.9. The molecule has 0 radical (unpaired) electrons. The number of hydrogen-bond donors (Lipinski definition) is 0. The second kappa shape index (κ2) is 7.14. The lowest BCUT2D eigenvalue weighted by Gasteiger charge is -2.52. The Labute approximate surface area is 149 Å². The van der Waals surface area contributed by atoms with Gasteiger partial charge in [0.25, 0.3) is 0 Å². The van der Waals surface area contributed by atoms with Crippen molar-refractivity contribution in [3.8, 4) is 0 Å². The Morgan fingerprint density at radius 1 is 1.28 bits per heavy atom. The summed E-state index contributed by atoms with van der Waals surface area (Å²) in [6, 6.07) is 8.23. The van der Waals surface area contributed by atoms with Gasteiger partial charge in [-0.3, -0.25) is 9.59 Å². The van der Waals surface area contributed by atoms with E-state index in [-0.39, 0.29) is 17.4 Å². The highest BCUT2D eigenvalue weighted by molar-refractivity contribution is 5.86. The number of aryl methyl sites for hydroxylation is 1. The van der Waals surface area contributed by atoms with Crippen LogP contribution in [0.25, 0.3) is 0 Å². The van der Waals surface area contributed by atoms with Crippen molar-refractivity contribution < 1.29 is 14.3 Å². The summed E-state index contributed by atoms with van der Waals surface area (Å²) < 4.78 is 5.77. The van der Waals surface area contributed by atoms with Crippen LogP contribution in [-0.2, 0) is 20.9 Å². The number of ether oxygens (including phenoxy) is 1. The molecule has 2 aliphatic rings. The van der Waals surface area contributed by atoms with Gasteiger partial charge in [0.1, 0.15) is 0 Å². The minimum Gasteiger partial charge on any atom is -0.377 e. The molecule has 0 aromatic heterocycles.